The first-order chi connectivity index (χ1) is 11.4. The second-order valence-corrected chi connectivity index (χ2v) is 8.38. The molecule has 1 N–H and O–H groups in total. The van der Waals surface area contributed by atoms with E-state index in [1.54, 1.807) is 11.4 Å². The SMILES string of the molecule is O=C(Nc1cc(F)ccc1F)C1CCCN1S(=O)(=O)c1cccs1. The number of benzene rings is 1. The second-order valence-electron chi connectivity index (χ2n) is 5.32. The number of amides is 1. The van der Waals surface area contributed by atoms with Crippen LogP contribution >= 0.6 is 11.3 Å². The van der Waals surface area contributed by atoms with Gasteiger partial charge < -0.3 is 5.32 Å². The summed E-state index contributed by atoms with van der Waals surface area (Å²) in [4.78, 5) is 12.4. The van der Waals surface area contributed by atoms with Crippen LogP contribution in [0.4, 0.5) is 14.5 Å². The molecule has 0 radical (unpaired) electrons. The number of nitrogens with one attached hydrogen (secondary N) is 1. The largest absolute Gasteiger partial charge is 0.322 e. The lowest BCUT2D eigenvalue weighted by molar-refractivity contribution is -0.119. The van der Waals surface area contributed by atoms with Crippen LogP contribution in [0.3, 0.4) is 0 Å². The molecule has 9 heteroatoms. The topological polar surface area (TPSA) is 66.5 Å². The molecule has 1 unspecified atom stereocenters. The van der Waals surface area contributed by atoms with Crippen molar-refractivity contribution in [2.24, 2.45) is 0 Å². The number of hydrogen-bond donors (Lipinski definition) is 1. The molecule has 128 valence electrons. The second kappa shape index (κ2) is 6.58. The molecular weight excluding hydrogens is 358 g/mol. The van der Waals surface area contributed by atoms with Crippen molar-refractivity contribution in [2.45, 2.75) is 23.1 Å². The predicted molar refractivity (Wildman–Crippen MR) is 86.2 cm³/mol. The molecule has 5 nitrogen and oxygen atoms in total. The zero-order valence-electron chi connectivity index (χ0n) is 12.4. The summed E-state index contributed by atoms with van der Waals surface area (Å²) < 4.78 is 53.3. The Hall–Kier alpha value is -1.84. The molecular formula is C15H14F2N2O3S2. The van der Waals surface area contributed by atoms with E-state index in [9.17, 15) is 22.0 Å². The van der Waals surface area contributed by atoms with E-state index in [0.29, 0.717) is 12.8 Å². The number of sulfonamides is 1. The fraction of sp³-hybridized carbons (Fsp3) is 0.267. The first-order valence-electron chi connectivity index (χ1n) is 7.21. The summed E-state index contributed by atoms with van der Waals surface area (Å²) in [5, 5.41) is 3.92. The Kier molecular flexibility index (Phi) is 4.66. The molecule has 1 saturated heterocycles. The Morgan fingerprint density at radius 2 is 2.08 bits per heavy atom. The Morgan fingerprint density at radius 3 is 2.79 bits per heavy atom. The highest BCUT2D eigenvalue weighted by Gasteiger charge is 2.40. The van der Waals surface area contributed by atoms with Crippen LogP contribution in [0, 0.1) is 11.6 Å². The van der Waals surface area contributed by atoms with E-state index in [4.69, 9.17) is 0 Å². The highest BCUT2D eigenvalue weighted by Crippen LogP contribution is 2.29. The van der Waals surface area contributed by atoms with Crippen LogP contribution in [0.5, 0.6) is 0 Å². The van der Waals surface area contributed by atoms with Gasteiger partial charge in [0.05, 0.1) is 5.69 Å². The number of carbonyl (C=O) groups is 1. The maximum atomic E-state index is 13.7. The minimum absolute atomic E-state index is 0.152. The standard InChI is InChI=1S/C15H14F2N2O3S2/c16-10-5-6-11(17)12(9-10)18-15(20)13-3-1-7-19(13)24(21,22)14-4-2-8-23-14/h2,4-6,8-9,13H,1,3,7H2,(H,18,20). The zero-order chi connectivity index (χ0) is 17.3. The Balaban J connectivity index is 1.83. The third-order valence-corrected chi connectivity index (χ3v) is 7.03. The minimum Gasteiger partial charge on any atom is -0.322 e. The third kappa shape index (κ3) is 3.19. The number of halogens is 2. The van der Waals surface area contributed by atoms with Gasteiger partial charge in [0.15, 0.2) is 0 Å². The fourth-order valence-corrected chi connectivity index (χ4v) is 5.40. The fourth-order valence-electron chi connectivity index (χ4n) is 2.63. The van der Waals surface area contributed by atoms with E-state index < -0.39 is 33.6 Å². The third-order valence-electron chi connectivity index (χ3n) is 3.75. The van der Waals surface area contributed by atoms with Crippen molar-refractivity contribution in [3.05, 3.63) is 47.3 Å². The van der Waals surface area contributed by atoms with Crippen molar-refractivity contribution in [1.29, 1.82) is 0 Å². The first kappa shape index (κ1) is 17.0. The van der Waals surface area contributed by atoms with Gasteiger partial charge in [0, 0.05) is 12.6 Å². The minimum atomic E-state index is -3.78. The van der Waals surface area contributed by atoms with Crippen LogP contribution in [0.25, 0.3) is 0 Å². The number of thiophene rings is 1. The van der Waals surface area contributed by atoms with E-state index in [1.807, 2.05) is 0 Å². The molecule has 1 atom stereocenters. The van der Waals surface area contributed by atoms with Crippen LogP contribution < -0.4 is 5.32 Å². The van der Waals surface area contributed by atoms with Crippen molar-refractivity contribution in [2.75, 3.05) is 11.9 Å². The average Bonchev–Trinajstić information content (AvgIpc) is 3.21. The monoisotopic (exact) mass is 372 g/mol. The number of nitrogens with zero attached hydrogens (tertiary/aromatic N) is 1. The molecule has 1 aliphatic rings. The first-order valence-corrected chi connectivity index (χ1v) is 9.53. The smallest absolute Gasteiger partial charge is 0.253 e. The number of anilines is 1. The van der Waals surface area contributed by atoms with Gasteiger partial charge in [-0.3, -0.25) is 4.79 Å². The van der Waals surface area contributed by atoms with Gasteiger partial charge in [0.25, 0.3) is 10.0 Å². The molecule has 2 aromatic rings. The lowest BCUT2D eigenvalue weighted by Crippen LogP contribution is -2.43. The molecule has 3 rings (SSSR count). The maximum Gasteiger partial charge on any atom is 0.253 e. The molecule has 1 aromatic carbocycles. The zero-order valence-corrected chi connectivity index (χ0v) is 14.0. The molecule has 0 saturated carbocycles. The quantitative estimate of drug-likeness (QED) is 0.897. The molecule has 0 aliphatic carbocycles. The molecule has 1 fully saturated rings. The molecule has 1 amide bonds. The summed E-state index contributed by atoms with van der Waals surface area (Å²) in [5.74, 6) is -2.14. The Bertz CT molecular complexity index is 854. The molecule has 2 heterocycles. The van der Waals surface area contributed by atoms with E-state index in [-0.39, 0.29) is 16.4 Å². The average molecular weight is 372 g/mol. The number of rotatable bonds is 4. The van der Waals surface area contributed by atoms with Gasteiger partial charge in [0.2, 0.25) is 5.91 Å². The van der Waals surface area contributed by atoms with Crippen LogP contribution in [0.15, 0.2) is 39.9 Å². The molecule has 24 heavy (non-hydrogen) atoms. The van der Waals surface area contributed by atoms with Crippen LogP contribution in [0.2, 0.25) is 0 Å². The Morgan fingerprint density at radius 1 is 1.29 bits per heavy atom. The predicted octanol–water partition coefficient (Wildman–Crippen LogP) is 2.82. The van der Waals surface area contributed by atoms with Gasteiger partial charge in [-0.1, -0.05) is 6.07 Å². The van der Waals surface area contributed by atoms with Gasteiger partial charge in [-0.25, -0.2) is 17.2 Å². The highest BCUT2D eigenvalue weighted by atomic mass is 32.2. The van der Waals surface area contributed by atoms with Gasteiger partial charge in [-0.2, -0.15) is 4.31 Å². The van der Waals surface area contributed by atoms with E-state index in [0.717, 1.165) is 33.8 Å². The van der Waals surface area contributed by atoms with E-state index >= 15 is 0 Å². The van der Waals surface area contributed by atoms with E-state index in [2.05, 4.69) is 5.32 Å². The molecule has 0 bridgehead atoms. The van der Waals surface area contributed by atoms with Crippen molar-refractivity contribution in [1.82, 2.24) is 4.31 Å². The van der Waals surface area contributed by atoms with Gasteiger partial charge in [-0.15, -0.1) is 11.3 Å². The van der Waals surface area contributed by atoms with Crippen molar-refractivity contribution in [3.8, 4) is 0 Å². The van der Waals surface area contributed by atoms with Crippen LogP contribution in [0.1, 0.15) is 12.8 Å². The molecule has 1 aliphatic heterocycles. The van der Waals surface area contributed by atoms with Gasteiger partial charge >= 0.3 is 0 Å². The summed E-state index contributed by atoms with van der Waals surface area (Å²) >= 11 is 1.07. The van der Waals surface area contributed by atoms with E-state index in [1.165, 1.54) is 6.07 Å². The molecule has 1 aromatic heterocycles. The van der Waals surface area contributed by atoms with Gasteiger partial charge in [0.1, 0.15) is 21.9 Å². The highest BCUT2D eigenvalue weighted by molar-refractivity contribution is 7.91. The summed E-state index contributed by atoms with van der Waals surface area (Å²) in [6.45, 7) is 0.212. The maximum absolute atomic E-state index is 13.7. The number of hydrogen-bond acceptors (Lipinski definition) is 4. The number of carbonyl (C=O) groups excluding carboxylic acids is 1. The summed E-state index contributed by atoms with van der Waals surface area (Å²) in [6.07, 6.45) is 0.849. The normalized spacial score (nSPS) is 18.7. The van der Waals surface area contributed by atoms with Crippen molar-refractivity contribution < 1.29 is 22.0 Å². The lowest BCUT2D eigenvalue weighted by atomic mass is 10.2. The van der Waals surface area contributed by atoms with Crippen LogP contribution in [-0.4, -0.2) is 31.2 Å². The van der Waals surface area contributed by atoms with Crippen molar-refractivity contribution in [3.63, 3.8) is 0 Å². The summed E-state index contributed by atoms with van der Waals surface area (Å²) in [6, 6.07) is 4.85. The summed E-state index contributed by atoms with van der Waals surface area (Å²) in [7, 11) is -3.78. The lowest BCUT2D eigenvalue weighted by Gasteiger charge is -2.22. The van der Waals surface area contributed by atoms with Crippen LogP contribution in [-0.2, 0) is 14.8 Å². The van der Waals surface area contributed by atoms with Crippen molar-refractivity contribution >= 4 is 33.0 Å². The Labute approximate surface area is 142 Å². The molecule has 0 spiro atoms. The summed E-state index contributed by atoms with van der Waals surface area (Å²) in [5.41, 5.74) is -0.305. The van der Waals surface area contributed by atoms with Gasteiger partial charge in [-0.05, 0) is 36.4 Å².